The second-order valence-electron chi connectivity index (χ2n) is 4.11. The maximum absolute atomic E-state index is 11.8. The van der Waals surface area contributed by atoms with E-state index in [1.807, 2.05) is 6.92 Å². The molecule has 18 heavy (non-hydrogen) atoms. The minimum absolute atomic E-state index is 0.000980. The molecule has 5 nitrogen and oxygen atoms in total. The molecular formula is C11H19N3O2S2. The highest BCUT2D eigenvalue weighted by Gasteiger charge is 2.13. The first kappa shape index (κ1) is 15.3. The van der Waals surface area contributed by atoms with Crippen molar-refractivity contribution in [3.05, 3.63) is 16.1 Å². The molecule has 0 aromatic carbocycles. The standard InChI is InChI=1S/C11H19N3O2S2/c1-8(4-6-18(2)16)13-11(15)9-7-17-10(14-9)3-5-12/h7-8H,3-6,12H2,1-2H3,(H,13,15). The molecule has 0 saturated carbocycles. The molecule has 0 bridgehead atoms. The lowest BCUT2D eigenvalue weighted by Gasteiger charge is -2.11. The number of nitrogens with zero attached hydrogens (tertiary/aromatic N) is 1. The van der Waals surface area contributed by atoms with E-state index < -0.39 is 10.8 Å². The van der Waals surface area contributed by atoms with Gasteiger partial charge in [0, 0.05) is 40.7 Å². The fourth-order valence-corrected chi connectivity index (χ4v) is 2.85. The summed E-state index contributed by atoms with van der Waals surface area (Å²) in [5, 5.41) is 5.47. The molecule has 0 fully saturated rings. The summed E-state index contributed by atoms with van der Waals surface area (Å²) in [6.45, 7) is 2.44. The molecule has 0 aliphatic rings. The number of hydrogen-bond acceptors (Lipinski definition) is 5. The van der Waals surface area contributed by atoms with Gasteiger partial charge in [-0.05, 0) is 19.9 Å². The van der Waals surface area contributed by atoms with Gasteiger partial charge in [-0.25, -0.2) is 4.98 Å². The van der Waals surface area contributed by atoms with Crippen molar-refractivity contribution in [3.63, 3.8) is 0 Å². The Morgan fingerprint density at radius 3 is 3.00 bits per heavy atom. The quantitative estimate of drug-likeness (QED) is 0.767. The van der Waals surface area contributed by atoms with Crippen LogP contribution in [0.2, 0.25) is 0 Å². The maximum atomic E-state index is 11.8. The Balaban J connectivity index is 2.45. The number of nitrogens with two attached hydrogens (primary N) is 1. The fraction of sp³-hybridized carbons (Fsp3) is 0.636. The predicted octanol–water partition coefficient (Wildman–Crippen LogP) is 0.531. The fourth-order valence-electron chi connectivity index (χ4n) is 1.37. The lowest BCUT2D eigenvalue weighted by Crippen LogP contribution is -2.33. The summed E-state index contributed by atoms with van der Waals surface area (Å²) >= 11 is 1.45. The Morgan fingerprint density at radius 2 is 2.39 bits per heavy atom. The molecule has 3 N–H and O–H groups in total. The summed E-state index contributed by atoms with van der Waals surface area (Å²) in [6, 6.07) is 0.000980. The molecular weight excluding hydrogens is 270 g/mol. The average molecular weight is 289 g/mol. The summed E-state index contributed by atoms with van der Waals surface area (Å²) in [7, 11) is -0.823. The third-order valence-corrected chi connectivity index (χ3v) is 4.08. The lowest BCUT2D eigenvalue weighted by atomic mass is 10.2. The van der Waals surface area contributed by atoms with Crippen LogP contribution in [0.25, 0.3) is 0 Å². The summed E-state index contributed by atoms with van der Waals surface area (Å²) in [5.74, 6) is 0.417. The first-order chi connectivity index (χ1) is 8.52. The number of thiazole rings is 1. The first-order valence-corrected chi connectivity index (χ1v) is 8.39. The van der Waals surface area contributed by atoms with Gasteiger partial charge in [0.15, 0.2) is 0 Å². The smallest absolute Gasteiger partial charge is 0.270 e. The van der Waals surface area contributed by atoms with Gasteiger partial charge in [-0.1, -0.05) is 0 Å². The van der Waals surface area contributed by atoms with Crippen LogP contribution in [0.4, 0.5) is 0 Å². The zero-order valence-electron chi connectivity index (χ0n) is 10.6. The molecule has 1 aromatic heterocycles. The van der Waals surface area contributed by atoms with Crippen molar-refractivity contribution in [1.82, 2.24) is 10.3 Å². The van der Waals surface area contributed by atoms with Crippen LogP contribution in [0.15, 0.2) is 5.38 Å². The summed E-state index contributed by atoms with van der Waals surface area (Å²) < 4.78 is 11.0. The van der Waals surface area contributed by atoms with Gasteiger partial charge in [-0.3, -0.25) is 9.00 Å². The highest BCUT2D eigenvalue weighted by Crippen LogP contribution is 2.10. The lowest BCUT2D eigenvalue weighted by molar-refractivity contribution is 0.0935. The number of aromatic nitrogens is 1. The summed E-state index contributed by atoms with van der Waals surface area (Å²) in [4.78, 5) is 16.1. The molecule has 1 aromatic rings. The second kappa shape index (κ2) is 7.60. The van der Waals surface area contributed by atoms with Gasteiger partial charge < -0.3 is 11.1 Å². The van der Waals surface area contributed by atoms with E-state index in [0.717, 1.165) is 5.01 Å². The predicted molar refractivity (Wildman–Crippen MR) is 75.4 cm³/mol. The average Bonchev–Trinajstić information content (AvgIpc) is 2.75. The molecule has 102 valence electrons. The monoisotopic (exact) mass is 289 g/mol. The second-order valence-corrected chi connectivity index (χ2v) is 6.60. The molecule has 0 aliphatic heterocycles. The van der Waals surface area contributed by atoms with Crippen molar-refractivity contribution in [1.29, 1.82) is 0 Å². The van der Waals surface area contributed by atoms with Crippen LogP contribution in [0.5, 0.6) is 0 Å². The van der Waals surface area contributed by atoms with Crippen molar-refractivity contribution < 1.29 is 9.00 Å². The summed E-state index contributed by atoms with van der Waals surface area (Å²) in [5.41, 5.74) is 5.87. The molecule has 0 radical (unpaired) electrons. The molecule has 2 unspecified atom stereocenters. The van der Waals surface area contributed by atoms with Crippen molar-refractivity contribution >= 4 is 28.0 Å². The van der Waals surface area contributed by atoms with Crippen LogP contribution < -0.4 is 11.1 Å². The Labute approximate surface area is 114 Å². The van der Waals surface area contributed by atoms with Crippen LogP contribution in [0.3, 0.4) is 0 Å². The Kier molecular flexibility index (Phi) is 6.45. The topological polar surface area (TPSA) is 85.1 Å². The van der Waals surface area contributed by atoms with E-state index >= 15 is 0 Å². The number of carbonyl (C=O) groups is 1. The van der Waals surface area contributed by atoms with Crippen LogP contribution >= 0.6 is 11.3 Å². The van der Waals surface area contributed by atoms with Gasteiger partial charge in [0.1, 0.15) is 5.69 Å². The zero-order valence-corrected chi connectivity index (χ0v) is 12.3. The van der Waals surface area contributed by atoms with Gasteiger partial charge in [-0.2, -0.15) is 0 Å². The van der Waals surface area contributed by atoms with Crippen molar-refractivity contribution in [2.24, 2.45) is 5.73 Å². The number of carbonyl (C=O) groups excluding carboxylic acids is 1. The van der Waals surface area contributed by atoms with E-state index in [1.54, 1.807) is 11.6 Å². The number of hydrogen-bond donors (Lipinski definition) is 2. The number of rotatable bonds is 7. The van der Waals surface area contributed by atoms with E-state index in [1.165, 1.54) is 11.3 Å². The van der Waals surface area contributed by atoms with Crippen molar-refractivity contribution in [2.75, 3.05) is 18.6 Å². The van der Waals surface area contributed by atoms with Crippen molar-refractivity contribution in [3.8, 4) is 0 Å². The largest absolute Gasteiger partial charge is 0.348 e. The Bertz CT molecular complexity index is 420. The van der Waals surface area contributed by atoms with E-state index in [9.17, 15) is 9.00 Å². The van der Waals surface area contributed by atoms with Crippen LogP contribution in [-0.4, -0.2) is 39.7 Å². The third-order valence-electron chi connectivity index (χ3n) is 2.36. The van der Waals surface area contributed by atoms with E-state index in [-0.39, 0.29) is 11.9 Å². The van der Waals surface area contributed by atoms with Gasteiger partial charge in [-0.15, -0.1) is 11.3 Å². The Hall–Kier alpha value is -0.790. The van der Waals surface area contributed by atoms with E-state index in [0.29, 0.717) is 30.8 Å². The highest BCUT2D eigenvalue weighted by molar-refractivity contribution is 7.84. The van der Waals surface area contributed by atoms with Crippen LogP contribution in [-0.2, 0) is 17.2 Å². The molecule has 0 saturated heterocycles. The molecule has 1 heterocycles. The van der Waals surface area contributed by atoms with E-state index in [2.05, 4.69) is 10.3 Å². The van der Waals surface area contributed by atoms with E-state index in [4.69, 9.17) is 5.73 Å². The normalized spacial score (nSPS) is 14.2. The molecule has 1 rings (SSSR count). The molecule has 0 spiro atoms. The molecule has 0 aliphatic carbocycles. The molecule has 7 heteroatoms. The SMILES string of the molecule is CC(CCS(C)=O)NC(=O)c1csc(CCN)n1. The first-order valence-electron chi connectivity index (χ1n) is 5.78. The van der Waals surface area contributed by atoms with Gasteiger partial charge in [0.2, 0.25) is 0 Å². The van der Waals surface area contributed by atoms with Crippen LogP contribution in [0.1, 0.15) is 28.8 Å². The van der Waals surface area contributed by atoms with Crippen LogP contribution in [0, 0.1) is 0 Å². The van der Waals surface area contributed by atoms with Gasteiger partial charge in [0.05, 0.1) is 5.01 Å². The Morgan fingerprint density at radius 1 is 1.67 bits per heavy atom. The minimum atomic E-state index is -0.823. The number of amides is 1. The summed E-state index contributed by atoms with van der Waals surface area (Å²) in [6.07, 6.45) is 3.06. The zero-order chi connectivity index (χ0) is 13.5. The maximum Gasteiger partial charge on any atom is 0.270 e. The van der Waals surface area contributed by atoms with Crippen molar-refractivity contribution in [2.45, 2.75) is 25.8 Å². The highest BCUT2D eigenvalue weighted by atomic mass is 32.2. The molecule has 2 atom stereocenters. The molecule has 1 amide bonds. The minimum Gasteiger partial charge on any atom is -0.348 e. The third kappa shape index (κ3) is 5.24. The number of nitrogens with one attached hydrogen (secondary N) is 1. The van der Waals surface area contributed by atoms with Gasteiger partial charge in [0.25, 0.3) is 5.91 Å². The van der Waals surface area contributed by atoms with Gasteiger partial charge >= 0.3 is 0 Å².